The van der Waals surface area contributed by atoms with E-state index >= 15 is 0 Å². The molecule has 0 aliphatic rings. The highest BCUT2D eigenvalue weighted by molar-refractivity contribution is 7.84. The molecule has 0 amide bonds. The fourth-order valence-corrected chi connectivity index (χ4v) is 1.31. The maximum atomic E-state index is 12.0. The third-order valence-corrected chi connectivity index (χ3v) is 2.08. The first-order valence-corrected chi connectivity index (χ1v) is 5.19. The van der Waals surface area contributed by atoms with Crippen molar-refractivity contribution in [2.24, 2.45) is 0 Å². The van der Waals surface area contributed by atoms with E-state index in [1.807, 2.05) is 30.3 Å². The van der Waals surface area contributed by atoms with Gasteiger partial charge in [0.2, 0.25) is 0 Å². The fourth-order valence-electron chi connectivity index (χ4n) is 0.962. The molecule has 72 valence electrons. The van der Waals surface area contributed by atoms with Crippen molar-refractivity contribution in [3.63, 3.8) is 0 Å². The zero-order valence-corrected chi connectivity index (χ0v) is 7.72. The van der Waals surface area contributed by atoms with E-state index < -0.39 is 10.4 Å². The standard InChI is InChI=1S/C8H10FNO2S/c9-13(11,12)10-7-6-8-4-2-1-3-5-8/h1-5,10H,6-7H2. The predicted octanol–water partition coefficient (Wildman–Crippen LogP) is 1.03. The van der Waals surface area contributed by atoms with Crippen LogP contribution in [0.4, 0.5) is 3.89 Å². The van der Waals surface area contributed by atoms with E-state index in [2.05, 4.69) is 0 Å². The van der Waals surface area contributed by atoms with Crippen molar-refractivity contribution >= 4 is 10.4 Å². The fraction of sp³-hybridized carbons (Fsp3) is 0.250. The lowest BCUT2D eigenvalue weighted by Gasteiger charge is -1.99. The molecular formula is C8H10FNO2S. The smallest absolute Gasteiger partial charge is 0.188 e. The van der Waals surface area contributed by atoms with Crippen molar-refractivity contribution < 1.29 is 12.3 Å². The highest BCUT2D eigenvalue weighted by atomic mass is 32.3. The molecule has 5 heteroatoms. The lowest BCUT2D eigenvalue weighted by molar-refractivity contribution is 0.535. The molecular weight excluding hydrogens is 193 g/mol. The number of hydrogen-bond acceptors (Lipinski definition) is 2. The molecule has 13 heavy (non-hydrogen) atoms. The second kappa shape index (κ2) is 4.34. The quantitative estimate of drug-likeness (QED) is 0.743. The van der Waals surface area contributed by atoms with Crippen molar-refractivity contribution in [2.45, 2.75) is 6.42 Å². The summed E-state index contributed by atoms with van der Waals surface area (Å²) in [5.41, 5.74) is 0.971. The molecule has 0 radical (unpaired) electrons. The van der Waals surface area contributed by atoms with Gasteiger partial charge in [0.05, 0.1) is 0 Å². The van der Waals surface area contributed by atoms with Crippen LogP contribution < -0.4 is 4.72 Å². The van der Waals surface area contributed by atoms with Gasteiger partial charge in [-0.3, -0.25) is 0 Å². The first kappa shape index (κ1) is 10.1. The van der Waals surface area contributed by atoms with Gasteiger partial charge in [0.25, 0.3) is 0 Å². The summed E-state index contributed by atoms with van der Waals surface area (Å²) in [7, 11) is -4.54. The van der Waals surface area contributed by atoms with Crippen LogP contribution in [0.1, 0.15) is 5.56 Å². The zero-order chi connectivity index (χ0) is 9.73. The Kier molecular flexibility index (Phi) is 3.39. The van der Waals surface area contributed by atoms with Gasteiger partial charge in [-0.25, -0.2) is 0 Å². The highest BCUT2D eigenvalue weighted by Gasteiger charge is 2.03. The van der Waals surface area contributed by atoms with Crippen molar-refractivity contribution in [1.82, 2.24) is 4.72 Å². The Morgan fingerprint density at radius 1 is 1.23 bits per heavy atom. The summed E-state index contributed by atoms with van der Waals surface area (Å²) < 4.78 is 33.8. The van der Waals surface area contributed by atoms with Crippen LogP contribution in [0.5, 0.6) is 0 Å². The molecule has 1 aromatic rings. The molecule has 1 aromatic carbocycles. The summed E-state index contributed by atoms with van der Waals surface area (Å²) in [4.78, 5) is 0. The largest absolute Gasteiger partial charge is 0.372 e. The van der Waals surface area contributed by atoms with Crippen LogP contribution in [0.2, 0.25) is 0 Å². The zero-order valence-electron chi connectivity index (χ0n) is 6.90. The summed E-state index contributed by atoms with van der Waals surface area (Å²) in [5, 5.41) is 0. The third kappa shape index (κ3) is 4.59. The maximum absolute atomic E-state index is 12.0. The molecule has 0 atom stereocenters. The van der Waals surface area contributed by atoms with Gasteiger partial charge >= 0.3 is 10.4 Å². The Balaban J connectivity index is 2.37. The van der Waals surface area contributed by atoms with E-state index in [1.165, 1.54) is 0 Å². The average molecular weight is 203 g/mol. The topological polar surface area (TPSA) is 46.2 Å². The Morgan fingerprint density at radius 3 is 2.38 bits per heavy atom. The lowest BCUT2D eigenvalue weighted by Crippen LogP contribution is -2.21. The van der Waals surface area contributed by atoms with Gasteiger partial charge in [-0.05, 0) is 12.0 Å². The summed E-state index contributed by atoms with van der Waals surface area (Å²) in [6, 6.07) is 9.26. The van der Waals surface area contributed by atoms with Crippen LogP contribution >= 0.6 is 0 Å². The van der Waals surface area contributed by atoms with E-state index in [1.54, 1.807) is 4.72 Å². The second-order valence-corrected chi connectivity index (χ2v) is 3.73. The molecule has 1 rings (SSSR count). The van der Waals surface area contributed by atoms with Gasteiger partial charge in [0.15, 0.2) is 0 Å². The molecule has 1 N–H and O–H groups in total. The monoisotopic (exact) mass is 203 g/mol. The molecule has 0 aromatic heterocycles. The number of nitrogens with one attached hydrogen (secondary N) is 1. The molecule has 0 aliphatic carbocycles. The van der Waals surface area contributed by atoms with Crippen LogP contribution in [0.3, 0.4) is 0 Å². The summed E-state index contributed by atoms with van der Waals surface area (Å²) in [5.74, 6) is 0. The minimum Gasteiger partial charge on any atom is -0.188 e. The minimum atomic E-state index is -4.54. The Labute approximate surface area is 76.9 Å². The predicted molar refractivity (Wildman–Crippen MR) is 48.2 cm³/mol. The highest BCUT2D eigenvalue weighted by Crippen LogP contribution is 1.98. The van der Waals surface area contributed by atoms with E-state index in [9.17, 15) is 12.3 Å². The van der Waals surface area contributed by atoms with Gasteiger partial charge in [0.1, 0.15) is 0 Å². The van der Waals surface area contributed by atoms with Gasteiger partial charge in [-0.2, -0.15) is 13.1 Å². The van der Waals surface area contributed by atoms with Gasteiger partial charge < -0.3 is 0 Å². The Hall–Kier alpha value is -0.940. The van der Waals surface area contributed by atoms with E-state index in [0.29, 0.717) is 6.42 Å². The van der Waals surface area contributed by atoms with E-state index in [-0.39, 0.29) is 6.54 Å². The van der Waals surface area contributed by atoms with Crippen molar-refractivity contribution in [3.8, 4) is 0 Å². The van der Waals surface area contributed by atoms with E-state index in [0.717, 1.165) is 5.56 Å². The lowest BCUT2D eigenvalue weighted by atomic mass is 10.2. The average Bonchev–Trinajstić information content (AvgIpc) is 2.04. The van der Waals surface area contributed by atoms with Gasteiger partial charge in [-0.15, -0.1) is 0 Å². The number of hydrogen-bond donors (Lipinski definition) is 1. The summed E-state index contributed by atoms with van der Waals surface area (Å²) in [6.45, 7) is 0.0862. The van der Waals surface area contributed by atoms with Crippen molar-refractivity contribution in [2.75, 3.05) is 6.54 Å². The molecule has 3 nitrogen and oxygen atoms in total. The molecule has 0 aliphatic heterocycles. The first-order chi connectivity index (χ1) is 6.08. The second-order valence-electron chi connectivity index (χ2n) is 2.57. The first-order valence-electron chi connectivity index (χ1n) is 3.81. The van der Waals surface area contributed by atoms with Crippen LogP contribution in [0.25, 0.3) is 0 Å². The molecule has 0 spiro atoms. The summed E-state index contributed by atoms with van der Waals surface area (Å²) >= 11 is 0. The summed E-state index contributed by atoms with van der Waals surface area (Å²) in [6.07, 6.45) is 0.490. The van der Waals surface area contributed by atoms with E-state index in [4.69, 9.17) is 0 Å². The van der Waals surface area contributed by atoms with Crippen molar-refractivity contribution in [3.05, 3.63) is 35.9 Å². The van der Waals surface area contributed by atoms with Crippen molar-refractivity contribution in [1.29, 1.82) is 0 Å². The maximum Gasteiger partial charge on any atom is 0.372 e. The molecule has 0 fully saturated rings. The van der Waals surface area contributed by atoms with Crippen LogP contribution in [0.15, 0.2) is 30.3 Å². The van der Waals surface area contributed by atoms with Gasteiger partial charge in [-0.1, -0.05) is 34.2 Å². The third-order valence-electron chi connectivity index (χ3n) is 1.53. The SMILES string of the molecule is O=S(=O)(F)NCCc1ccccc1. The number of rotatable bonds is 4. The Bertz CT molecular complexity index is 350. The molecule has 0 heterocycles. The molecule has 0 bridgehead atoms. The van der Waals surface area contributed by atoms with Gasteiger partial charge in [0, 0.05) is 6.54 Å². The number of halogens is 1. The number of benzene rings is 1. The molecule has 0 saturated heterocycles. The molecule has 0 unspecified atom stereocenters. The normalized spacial score (nSPS) is 11.5. The molecule has 0 saturated carbocycles. The van der Waals surface area contributed by atoms with Crippen LogP contribution in [-0.2, 0) is 16.8 Å². The minimum absolute atomic E-state index is 0.0862. The van der Waals surface area contributed by atoms with Crippen LogP contribution in [0, 0.1) is 0 Å². The van der Waals surface area contributed by atoms with Crippen LogP contribution in [-0.4, -0.2) is 15.0 Å². The Morgan fingerprint density at radius 2 is 1.85 bits per heavy atom.